The maximum Gasteiger partial charge on any atom is 0.343 e. The molecule has 1 aromatic rings. The van der Waals surface area contributed by atoms with Crippen molar-refractivity contribution in [2.24, 2.45) is 11.8 Å². The zero-order valence-corrected chi connectivity index (χ0v) is 14.0. The first-order chi connectivity index (χ1) is 10.9. The summed E-state index contributed by atoms with van der Waals surface area (Å²) in [5.74, 6) is -1.15. The number of ether oxygens (including phenoxy) is 1. The lowest BCUT2D eigenvalue weighted by molar-refractivity contribution is -0.125. The number of carbonyl (C=O) groups excluding carboxylic acids is 2. The first kappa shape index (κ1) is 17.7. The van der Waals surface area contributed by atoms with Crippen LogP contribution in [0.2, 0.25) is 5.02 Å². The molecule has 0 saturated heterocycles. The second-order valence-corrected chi connectivity index (χ2v) is 6.52. The molecule has 126 valence electrons. The highest BCUT2D eigenvalue weighted by molar-refractivity contribution is 6.33. The Morgan fingerprint density at radius 1 is 1.35 bits per heavy atom. The molecular formula is C17H21ClFNO3. The minimum Gasteiger partial charge on any atom is -0.452 e. The van der Waals surface area contributed by atoms with Gasteiger partial charge in [0, 0.05) is 6.04 Å². The Balaban J connectivity index is 1.88. The van der Waals surface area contributed by atoms with Gasteiger partial charge < -0.3 is 10.1 Å². The van der Waals surface area contributed by atoms with Gasteiger partial charge in [-0.3, -0.25) is 4.79 Å². The first-order valence-electron chi connectivity index (χ1n) is 7.80. The van der Waals surface area contributed by atoms with E-state index in [-0.39, 0.29) is 22.5 Å². The Morgan fingerprint density at radius 2 is 2.09 bits per heavy atom. The van der Waals surface area contributed by atoms with E-state index in [1.807, 2.05) is 0 Å². The van der Waals surface area contributed by atoms with E-state index in [1.165, 1.54) is 12.1 Å². The number of rotatable bonds is 4. The van der Waals surface area contributed by atoms with Crippen LogP contribution >= 0.6 is 11.6 Å². The molecule has 1 N–H and O–H groups in total. The highest BCUT2D eigenvalue weighted by Crippen LogP contribution is 2.29. The molecule has 23 heavy (non-hydrogen) atoms. The predicted molar refractivity (Wildman–Crippen MR) is 85.8 cm³/mol. The van der Waals surface area contributed by atoms with E-state index in [0.717, 1.165) is 25.3 Å². The summed E-state index contributed by atoms with van der Waals surface area (Å²) in [7, 11) is 0. The van der Waals surface area contributed by atoms with E-state index >= 15 is 0 Å². The molecule has 0 aliphatic heterocycles. The van der Waals surface area contributed by atoms with Crippen molar-refractivity contribution in [2.75, 3.05) is 6.61 Å². The predicted octanol–water partition coefficient (Wildman–Crippen LogP) is 3.58. The lowest BCUT2D eigenvalue weighted by Crippen LogP contribution is -2.45. The van der Waals surface area contributed by atoms with Crippen molar-refractivity contribution in [1.29, 1.82) is 0 Å². The summed E-state index contributed by atoms with van der Waals surface area (Å²) in [6, 6.07) is 3.99. The number of esters is 1. The number of benzene rings is 1. The van der Waals surface area contributed by atoms with Crippen molar-refractivity contribution in [3.63, 3.8) is 0 Å². The van der Waals surface area contributed by atoms with Crippen LogP contribution in [0.5, 0.6) is 0 Å². The lowest BCUT2D eigenvalue weighted by atomic mass is 9.78. The fourth-order valence-electron chi connectivity index (χ4n) is 2.93. The number of nitrogens with one attached hydrogen (secondary N) is 1. The van der Waals surface area contributed by atoms with Crippen LogP contribution in [0.4, 0.5) is 4.39 Å². The minimum atomic E-state index is -0.937. The number of hydrogen-bond acceptors (Lipinski definition) is 3. The van der Waals surface area contributed by atoms with E-state index in [2.05, 4.69) is 19.2 Å². The average molecular weight is 342 g/mol. The molecule has 6 heteroatoms. The van der Waals surface area contributed by atoms with Crippen LogP contribution in [0.1, 0.15) is 43.5 Å². The third-order valence-electron chi connectivity index (χ3n) is 4.55. The van der Waals surface area contributed by atoms with Gasteiger partial charge in [-0.1, -0.05) is 44.4 Å². The van der Waals surface area contributed by atoms with Gasteiger partial charge >= 0.3 is 5.97 Å². The molecule has 3 unspecified atom stereocenters. The van der Waals surface area contributed by atoms with Gasteiger partial charge in [-0.05, 0) is 30.4 Å². The quantitative estimate of drug-likeness (QED) is 0.852. The first-order valence-corrected chi connectivity index (χ1v) is 8.18. The van der Waals surface area contributed by atoms with Crippen molar-refractivity contribution in [2.45, 2.75) is 39.2 Å². The zero-order valence-electron chi connectivity index (χ0n) is 13.3. The molecule has 4 nitrogen and oxygen atoms in total. The second kappa shape index (κ2) is 7.77. The maximum atomic E-state index is 13.6. The molecule has 1 fully saturated rings. The van der Waals surface area contributed by atoms with Crippen molar-refractivity contribution in [1.82, 2.24) is 5.32 Å². The fraction of sp³-hybridized carbons (Fsp3) is 0.529. The van der Waals surface area contributed by atoms with Gasteiger partial charge in [-0.25, -0.2) is 9.18 Å². The molecule has 2 rings (SSSR count). The molecule has 0 spiro atoms. The summed E-state index contributed by atoms with van der Waals surface area (Å²) in [5.41, 5.74) is -0.346. The molecule has 0 aromatic heterocycles. The Bertz CT molecular complexity index is 573. The maximum absolute atomic E-state index is 13.6. The molecule has 0 radical (unpaired) electrons. The summed E-state index contributed by atoms with van der Waals surface area (Å²) >= 11 is 5.79. The normalized spacial score (nSPS) is 24.1. The zero-order chi connectivity index (χ0) is 17.0. The Morgan fingerprint density at radius 3 is 2.78 bits per heavy atom. The lowest BCUT2D eigenvalue weighted by Gasteiger charge is -2.34. The van der Waals surface area contributed by atoms with Crippen LogP contribution in [0.25, 0.3) is 0 Å². The van der Waals surface area contributed by atoms with Crippen molar-refractivity contribution < 1.29 is 18.7 Å². The average Bonchev–Trinajstić information content (AvgIpc) is 2.49. The van der Waals surface area contributed by atoms with Crippen LogP contribution in [-0.2, 0) is 9.53 Å². The fourth-order valence-corrected chi connectivity index (χ4v) is 3.17. The van der Waals surface area contributed by atoms with Gasteiger partial charge in [-0.2, -0.15) is 0 Å². The second-order valence-electron chi connectivity index (χ2n) is 6.11. The van der Waals surface area contributed by atoms with E-state index < -0.39 is 18.4 Å². The van der Waals surface area contributed by atoms with Crippen LogP contribution < -0.4 is 5.32 Å². The molecule has 0 bridgehead atoms. The van der Waals surface area contributed by atoms with Crippen molar-refractivity contribution in [3.05, 3.63) is 34.6 Å². The molecule has 1 amide bonds. The van der Waals surface area contributed by atoms with Crippen LogP contribution in [0.15, 0.2) is 18.2 Å². The summed E-state index contributed by atoms with van der Waals surface area (Å²) in [6.07, 6.45) is 3.15. The topological polar surface area (TPSA) is 55.4 Å². The highest BCUT2D eigenvalue weighted by Gasteiger charge is 2.28. The summed E-state index contributed by atoms with van der Waals surface area (Å²) in [6.45, 7) is 3.84. The third-order valence-corrected chi connectivity index (χ3v) is 4.87. The number of carbonyl (C=O) groups is 2. The van der Waals surface area contributed by atoms with Gasteiger partial charge in [0.05, 0.1) is 5.02 Å². The minimum absolute atomic E-state index is 0.0369. The number of halogens is 2. The van der Waals surface area contributed by atoms with Crippen LogP contribution in [0.3, 0.4) is 0 Å². The van der Waals surface area contributed by atoms with Crippen LogP contribution in [-0.4, -0.2) is 24.5 Å². The largest absolute Gasteiger partial charge is 0.452 e. The smallest absolute Gasteiger partial charge is 0.343 e. The van der Waals surface area contributed by atoms with Gasteiger partial charge in [0.25, 0.3) is 5.91 Å². The molecule has 3 atom stereocenters. The highest BCUT2D eigenvalue weighted by atomic mass is 35.5. The summed E-state index contributed by atoms with van der Waals surface area (Å²) in [5, 5.41) is 2.86. The van der Waals surface area contributed by atoms with Gasteiger partial charge in [0.1, 0.15) is 11.4 Å². The summed E-state index contributed by atoms with van der Waals surface area (Å²) < 4.78 is 18.5. The molecular weight excluding hydrogens is 321 g/mol. The van der Waals surface area contributed by atoms with Gasteiger partial charge in [0.15, 0.2) is 6.61 Å². The molecule has 1 aliphatic rings. The molecule has 0 heterocycles. The number of amides is 1. The van der Waals surface area contributed by atoms with Gasteiger partial charge in [-0.15, -0.1) is 0 Å². The van der Waals surface area contributed by atoms with E-state index in [4.69, 9.17) is 16.3 Å². The SMILES string of the molecule is CC1CCCC(NC(=O)COC(=O)c2c(F)cccc2Cl)C1C. The molecule has 1 aromatic carbocycles. The van der Waals surface area contributed by atoms with E-state index in [9.17, 15) is 14.0 Å². The third kappa shape index (κ3) is 4.44. The van der Waals surface area contributed by atoms with Crippen LogP contribution in [0, 0.1) is 17.7 Å². The van der Waals surface area contributed by atoms with Crippen molar-refractivity contribution >= 4 is 23.5 Å². The summed E-state index contributed by atoms with van der Waals surface area (Å²) in [4.78, 5) is 23.8. The monoisotopic (exact) mass is 341 g/mol. The molecule has 1 saturated carbocycles. The molecule has 1 aliphatic carbocycles. The van der Waals surface area contributed by atoms with E-state index in [1.54, 1.807) is 0 Å². The number of hydrogen-bond donors (Lipinski definition) is 1. The Kier molecular flexibility index (Phi) is 5.99. The Labute approximate surface area is 140 Å². The Hall–Kier alpha value is -1.62. The van der Waals surface area contributed by atoms with Crippen molar-refractivity contribution in [3.8, 4) is 0 Å². The van der Waals surface area contributed by atoms with E-state index in [0.29, 0.717) is 11.8 Å². The standard InChI is InChI=1S/C17H21ClFNO3/c1-10-5-3-8-14(11(10)2)20-15(21)9-23-17(22)16-12(18)6-4-7-13(16)19/h4,6-7,10-11,14H,3,5,8-9H2,1-2H3,(H,20,21). The van der Waals surface area contributed by atoms with Gasteiger partial charge in [0.2, 0.25) is 0 Å².